The van der Waals surface area contributed by atoms with Crippen LogP contribution in [0.4, 0.5) is 0 Å². The van der Waals surface area contributed by atoms with E-state index >= 15 is 0 Å². The molecule has 1 aliphatic heterocycles. The number of benzene rings is 2. The Morgan fingerprint density at radius 2 is 1.52 bits per heavy atom. The minimum atomic E-state index is 0. The van der Waals surface area contributed by atoms with E-state index in [0.29, 0.717) is 6.04 Å². The third kappa shape index (κ3) is 7.29. The average molecular weight is 437 g/mol. The molecular weight excluding hydrogens is 399 g/mol. The van der Waals surface area contributed by atoms with Crippen LogP contribution >= 0.6 is 24.8 Å². The molecule has 2 N–H and O–H groups in total. The van der Waals surface area contributed by atoms with Crippen molar-refractivity contribution in [2.75, 3.05) is 6.54 Å². The van der Waals surface area contributed by atoms with Gasteiger partial charge in [0.05, 0.1) is 6.17 Å². The van der Waals surface area contributed by atoms with E-state index in [1.54, 1.807) is 0 Å². The fraction of sp³-hybridized carbons (Fsp3) is 0.520. The van der Waals surface area contributed by atoms with Gasteiger partial charge in [0.1, 0.15) is 0 Å². The molecule has 2 nitrogen and oxygen atoms in total. The number of halogens is 2. The zero-order valence-corrected chi connectivity index (χ0v) is 19.9. The molecular formula is C25H38Cl2N2. The molecule has 1 saturated heterocycles. The molecule has 162 valence electrons. The van der Waals surface area contributed by atoms with Gasteiger partial charge in [-0.1, -0.05) is 75.4 Å². The quantitative estimate of drug-likeness (QED) is 0.622. The lowest BCUT2D eigenvalue weighted by atomic mass is 9.82. The van der Waals surface area contributed by atoms with Crippen LogP contribution < -0.4 is 5.73 Å². The topological polar surface area (TPSA) is 29.3 Å². The van der Waals surface area contributed by atoms with E-state index in [1.807, 2.05) is 0 Å². The molecule has 2 aromatic rings. The van der Waals surface area contributed by atoms with Crippen molar-refractivity contribution >= 4 is 24.8 Å². The predicted molar refractivity (Wildman–Crippen MR) is 130 cm³/mol. The van der Waals surface area contributed by atoms with E-state index in [4.69, 9.17) is 5.73 Å². The lowest BCUT2D eigenvalue weighted by molar-refractivity contribution is 0.0765. The molecule has 0 aromatic heterocycles. The Hall–Kier alpha value is -1.06. The van der Waals surface area contributed by atoms with Gasteiger partial charge in [0, 0.05) is 12.6 Å². The summed E-state index contributed by atoms with van der Waals surface area (Å²) in [6.45, 7) is 10.1. The third-order valence-electron chi connectivity index (χ3n) is 6.05. The summed E-state index contributed by atoms with van der Waals surface area (Å²) in [5.74, 6) is 0.751. The number of piperidine rings is 1. The highest BCUT2D eigenvalue weighted by Gasteiger charge is 2.30. The number of nitrogens with zero attached hydrogens (tertiary/aromatic N) is 1. The molecule has 3 atom stereocenters. The van der Waals surface area contributed by atoms with Crippen LogP contribution in [0.1, 0.15) is 57.2 Å². The first-order chi connectivity index (χ1) is 12.8. The largest absolute Gasteiger partial charge is 0.316 e. The fourth-order valence-corrected chi connectivity index (χ4v) is 4.43. The summed E-state index contributed by atoms with van der Waals surface area (Å²) in [7, 11) is 0. The number of rotatable bonds is 5. The number of hydrogen-bond donors (Lipinski definition) is 1. The summed E-state index contributed by atoms with van der Waals surface area (Å²) in [6, 6.07) is 20.7. The van der Waals surface area contributed by atoms with Gasteiger partial charge in [-0.25, -0.2) is 0 Å². The second-order valence-corrected chi connectivity index (χ2v) is 9.36. The molecule has 3 rings (SSSR count). The molecule has 0 bridgehead atoms. The number of nitrogens with two attached hydrogens (primary N) is 1. The molecule has 0 saturated carbocycles. The zero-order valence-electron chi connectivity index (χ0n) is 18.3. The van der Waals surface area contributed by atoms with Gasteiger partial charge in [-0.15, -0.1) is 24.8 Å². The molecule has 1 aliphatic rings. The zero-order chi connectivity index (χ0) is 19.4. The lowest BCUT2D eigenvalue weighted by Crippen LogP contribution is -2.51. The van der Waals surface area contributed by atoms with Crippen LogP contribution in [-0.2, 0) is 18.3 Å². The van der Waals surface area contributed by atoms with Gasteiger partial charge in [-0.3, -0.25) is 4.90 Å². The van der Waals surface area contributed by atoms with Gasteiger partial charge in [0.2, 0.25) is 0 Å². The first-order valence-electron chi connectivity index (χ1n) is 10.5. The van der Waals surface area contributed by atoms with Crippen molar-refractivity contribution in [1.29, 1.82) is 0 Å². The van der Waals surface area contributed by atoms with Gasteiger partial charge < -0.3 is 5.73 Å². The van der Waals surface area contributed by atoms with Crippen molar-refractivity contribution in [3.05, 3.63) is 71.3 Å². The molecule has 1 heterocycles. The summed E-state index contributed by atoms with van der Waals surface area (Å²) in [6.07, 6.45) is 4.89. The van der Waals surface area contributed by atoms with Crippen molar-refractivity contribution in [2.45, 2.75) is 71.0 Å². The monoisotopic (exact) mass is 436 g/mol. The van der Waals surface area contributed by atoms with Crippen LogP contribution in [0.3, 0.4) is 0 Å². The second kappa shape index (κ2) is 11.4. The van der Waals surface area contributed by atoms with Gasteiger partial charge in [-0.05, 0) is 60.6 Å². The predicted octanol–water partition coefficient (Wildman–Crippen LogP) is 6.00. The summed E-state index contributed by atoms with van der Waals surface area (Å²) < 4.78 is 0. The Labute approximate surface area is 190 Å². The minimum absolute atomic E-state index is 0. The second-order valence-electron chi connectivity index (χ2n) is 9.36. The maximum absolute atomic E-state index is 6.32. The van der Waals surface area contributed by atoms with Crippen LogP contribution in [0.5, 0.6) is 0 Å². The average Bonchev–Trinajstić information content (AvgIpc) is 2.62. The molecule has 0 radical (unpaired) electrons. The maximum Gasteiger partial charge on any atom is 0.0545 e. The van der Waals surface area contributed by atoms with Gasteiger partial charge in [0.15, 0.2) is 0 Å². The van der Waals surface area contributed by atoms with Gasteiger partial charge in [0.25, 0.3) is 0 Å². The Balaban J connectivity index is 0.00000210. The lowest BCUT2D eigenvalue weighted by Gasteiger charge is -2.42. The minimum Gasteiger partial charge on any atom is -0.316 e. The van der Waals surface area contributed by atoms with E-state index in [2.05, 4.69) is 87.2 Å². The summed E-state index contributed by atoms with van der Waals surface area (Å²) >= 11 is 0. The van der Waals surface area contributed by atoms with E-state index < -0.39 is 0 Å². The first kappa shape index (κ1) is 26.0. The third-order valence-corrected chi connectivity index (χ3v) is 6.05. The highest BCUT2D eigenvalue weighted by atomic mass is 35.5. The number of likely N-dealkylation sites (tertiary alicyclic amines) is 1. The Kier molecular flexibility index (Phi) is 10.2. The van der Waals surface area contributed by atoms with Crippen molar-refractivity contribution in [3.8, 4) is 0 Å². The van der Waals surface area contributed by atoms with Crippen molar-refractivity contribution in [1.82, 2.24) is 4.90 Å². The van der Waals surface area contributed by atoms with Crippen LogP contribution in [0, 0.1) is 5.92 Å². The SMILES string of the molecule is CC(N)N1CCC(Cc2ccccc2)CC1Cc1ccc(C(C)(C)C)cc1.Cl.Cl. The van der Waals surface area contributed by atoms with Crippen molar-refractivity contribution < 1.29 is 0 Å². The smallest absolute Gasteiger partial charge is 0.0545 e. The molecule has 2 aromatic carbocycles. The maximum atomic E-state index is 6.32. The molecule has 3 unspecified atom stereocenters. The van der Waals surface area contributed by atoms with E-state index in [9.17, 15) is 0 Å². The molecule has 0 aliphatic carbocycles. The van der Waals surface area contributed by atoms with Gasteiger partial charge >= 0.3 is 0 Å². The van der Waals surface area contributed by atoms with Crippen molar-refractivity contribution in [3.63, 3.8) is 0 Å². The van der Waals surface area contributed by atoms with E-state index in [1.165, 1.54) is 36.0 Å². The molecule has 4 heteroatoms. The van der Waals surface area contributed by atoms with Crippen LogP contribution in [-0.4, -0.2) is 23.7 Å². The molecule has 0 spiro atoms. The first-order valence-corrected chi connectivity index (χ1v) is 10.5. The molecule has 1 fully saturated rings. The molecule has 29 heavy (non-hydrogen) atoms. The van der Waals surface area contributed by atoms with Crippen LogP contribution in [0.2, 0.25) is 0 Å². The Morgan fingerprint density at radius 3 is 2.07 bits per heavy atom. The van der Waals surface area contributed by atoms with Crippen molar-refractivity contribution in [2.24, 2.45) is 11.7 Å². The van der Waals surface area contributed by atoms with Gasteiger partial charge in [-0.2, -0.15) is 0 Å². The highest BCUT2D eigenvalue weighted by Crippen LogP contribution is 2.29. The van der Waals surface area contributed by atoms with E-state index in [0.717, 1.165) is 18.9 Å². The summed E-state index contributed by atoms with van der Waals surface area (Å²) in [4.78, 5) is 2.51. The standard InChI is InChI=1S/C25H36N2.2ClH/c1-19(26)27-15-14-22(16-20-8-6-5-7-9-20)18-24(27)17-21-10-12-23(13-11-21)25(2,3)4;;/h5-13,19,22,24H,14-18,26H2,1-4H3;2*1H. The van der Waals surface area contributed by atoms with Crippen LogP contribution in [0.25, 0.3) is 0 Å². The highest BCUT2D eigenvalue weighted by molar-refractivity contribution is 5.85. The normalized spacial score (nSPS) is 21.0. The number of hydrogen-bond acceptors (Lipinski definition) is 2. The Morgan fingerprint density at radius 1 is 0.931 bits per heavy atom. The fourth-order valence-electron chi connectivity index (χ4n) is 4.43. The van der Waals surface area contributed by atoms with Crippen LogP contribution in [0.15, 0.2) is 54.6 Å². The Bertz CT molecular complexity index is 708. The summed E-state index contributed by atoms with van der Waals surface area (Å²) in [5.41, 5.74) is 10.8. The van der Waals surface area contributed by atoms with E-state index in [-0.39, 0.29) is 36.4 Å². The molecule has 0 amide bonds. The summed E-state index contributed by atoms with van der Waals surface area (Å²) in [5, 5.41) is 0.